The number of aryl methyl sites for hydroxylation is 2. The van der Waals surface area contributed by atoms with Gasteiger partial charge < -0.3 is 25.0 Å². The Balaban J connectivity index is 1.30. The normalized spacial score (nSPS) is 16.9. The first kappa shape index (κ1) is 31.0. The molecule has 10 nitrogen and oxygen atoms in total. The van der Waals surface area contributed by atoms with Gasteiger partial charge in [0.05, 0.1) is 12.2 Å². The minimum absolute atomic E-state index is 0.0500. The SMILES string of the molecule is Cc1ccccc1C(=O)Nc1ccc(C(=O)N2CCCC(OC(=O)CN3CCN(C(=O)O)CC3)c3cc(Cl)ccc32)c(C)c1. The van der Waals surface area contributed by atoms with Gasteiger partial charge in [0.15, 0.2) is 0 Å². The van der Waals surface area contributed by atoms with Gasteiger partial charge in [0.1, 0.15) is 6.10 Å². The molecule has 1 atom stereocenters. The van der Waals surface area contributed by atoms with Crippen molar-refractivity contribution in [2.24, 2.45) is 0 Å². The van der Waals surface area contributed by atoms with Gasteiger partial charge in [-0.05, 0) is 80.3 Å². The van der Waals surface area contributed by atoms with Crippen LogP contribution in [0.15, 0.2) is 60.7 Å². The van der Waals surface area contributed by atoms with E-state index < -0.39 is 18.2 Å². The summed E-state index contributed by atoms with van der Waals surface area (Å²) in [5.41, 5.74) is 4.54. The molecule has 3 aromatic carbocycles. The Labute approximate surface area is 261 Å². The molecule has 2 N–H and O–H groups in total. The average molecular weight is 619 g/mol. The molecule has 1 saturated heterocycles. The lowest BCUT2D eigenvalue weighted by molar-refractivity contribution is -0.151. The van der Waals surface area contributed by atoms with Crippen LogP contribution in [0.2, 0.25) is 5.02 Å². The fourth-order valence-corrected chi connectivity index (χ4v) is 5.88. The van der Waals surface area contributed by atoms with E-state index in [4.69, 9.17) is 21.4 Å². The van der Waals surface area contributed by atoms with Crippen molar-refractivity contribution in [2.45, 2.75) is 32.8 Å². The highest BCUT2D eigenvalue weighted by molar-refractivity contribution is 6.30. The van der Waals surface area contributed by atoms with Crippen LogP contribution in [0.3, 0.4) is 0 Å². The molecule has 2 heterocycles. The van der Waals surface area contributed by atoms with Crippen molar-refractivity contribution >= 4 is 46.9 Å². The number of carboxylic acid groups (broad SMARTS) is 1. The summed E-state index contributed by atoms with van der Waals surface area (Å²) in [6.07, 6.45) is -0.446. The Hall–Kier alpha value is -4.41. The summed E-state index contributed by atoms with van der Waals surface area (Å²) in [6, 6.07) is 17.8. The smallest absolute Gasteiger partial charge is 0.407 e. The number of piperazine rings is 1. The Morgan fingerprint density at radius 3 is 2.36 bits per heavy atom. The number of carbonyl (C=O) groups is 4. The molecule has 230 valence electrons. The van der Waals surface area contributed by atoms with Crippen LogP contribution in [0.4, 0.5) is 16.2 Å². The first-order valence-corrected chi connectivity index (χ1v) is 15.0. The summed E-state index contributed by atoms with van der Waals surface area (Å²) >= 11 is 6.37. The van der Waals surface area contributed by atoms with Crippen LogP contribution in [0.1, 0.15) is 56.4 Å². The van der Waals surface area contributed by atoms with Crippen LogP contribution in [0, 0.1) is 13.8 Å². The molecule has 44 heavy (non-hydrogen) atoms. The number of carbonyl (C=O) groups excluding carboxylic acids is 3. The molecule has 1 unspecified atom stereocenters. The number of rotatable bonds is 6. The van der Waals surface area contributed by atoms with Gasteiger partial charge in [-0.2, -0.15) is 0 Å². The van der Waals surface area contributed by atoms with Crippen molar-refractivity contribution in [3.8, 4) is 0 Å². The zero-order chi connectivity index (χ0) is 31.4. The fourth-order valence-electron chi connectivity index (χ4n) is 5.70. The maximum atomic E-state index is 13.9. The molecule has 2 aliphatic heterocycles. The molecule has 5 rings (SSSR count). The topological polar surface area (TPSA) is 119 Å². The fraction of sp³-hybridized carbons (Fsp3) is 0.333. The highest BCUT2D eigenvalue weighted by Crippen LogP contribution is 2.38. The standard InChI is InChI=1S/C33H35ClN4O6/c1-21-6-3-4-7-25(21)31(40)35-24-10-11-26(22(2)18-24)32(41)38-13-5-8-29(27-19-23(34)9-12-28(27)38)44-30(39)20-36-14-16-37(17-15-36)33(42)43/h3-4,6-7,9-12,18-19,29H,5,8,13-17,20H2,1-2H3,(H,35,40)(H,42,43). The molecular formula is C33H35ClN4O6. The van der Waals surface area contributed by atoms with Gasteiger partial charge in [-0.25, -0.2) is 4.79 Å². The van der Waals surface area contributed by atoms with Crippen LogP contribution in [-0.4, -0.2) is 78.1 Å². The third kappa shape index (κ3) is 7.03. The number of nitrogens with one attached hydrogen (secondary N) is 1. The van der Waals surface area contributed by atoms with Gasteiger partial charge in [0.2, 0.25) is 0 Å². The number of hydrogen-bond donors (Lipinski definition) is 2. The molecule has 0 saturated carbocycles. The van der Waals surface area contributed by atoms with Gasteiger partial charge in [0.25, 0.3) is 11.8 Å². The summed E-state index contributed by atoms with van der Waals surface area (Å²) in [5, 5.41) is 12.6. The monoisotopic (exact) mass is 618 g/mol. The van der Waals surface area contributed by atoms with Crippen LogP contribution in [0.25, 0.3) is 0 Å². The quantitative estimate of drug-likeness (QED) is 0.349. The van der Waals surface area contributed by atoms with Crippen LogP contribution < -0.4 is 10.2 Å². The van der Waals surface area contributed by atoms with E-state index in [0.29, 0.717) is 84.2 Å². The first-order valence-electron chi connectivity index (χ1n) is 14.6. The maximum absolute atomic E-state index is 13.9. The minimum Gasteiger partial charge on any atom is -0.465 e. The number of anilines is 2. The zero-order valence-corrected chi connectivity index (χ0v) is 25.5. The lowest BCUT2D eigenvalue weighted by Crippen LogP contribution is -2.49. The summed E-state index contributed by atoms with van der Waals surface area (Å²) in [5.74, 6) is -0.835. The van der Waals surface area contributed by atoms with E-state index in [2.05, 4.69) is 5.32 Å². The maximum Gasteiger partial charge on any atom is 0.407 e. The van der Waals surface area contributed by atoms with E-state index in [0.717, 1.165) is 5.56 Å². The van der Waals surface area contributed by atoms with Crippen LogP contribution in [0.5, 0.6) is 0 Å². The van der Waals surface area contributed by atoms with E-state index in [1.807, 2.05) is 36.9 Å². The predicted molar refractivity (Wildman–Crippen MR) is 168 cm³/mol. The molecule has 0 radical (unpaired) electrons. The Kier molecular flexibility index (Phi) is 9.51. The number of benzene rings is 3. The molecule has 2 aliphatic rings. The third-order valence-electron chi connectivity index (χ3n) is 8.09. The number of esters is 1. The summed E-state index contributed by atoms with van der Waals surface area (Å²) in [6.45, 7) is 5.75. The lowest BCUT2D eigenvalue weighted by Gasteiger charge is -2.32. The van der Waals surface area contributed by atoms with E-state index in [9.17, 15) is 19.2 Å². The predicted octanol–water partition coefficient (Wildman–Crippen LogP) is 5.53. The van der Waals surface area contributed by atoms with Gasteiger partial charge in [0, 0.05) is 60.1 Å². The minimum atomic E-state index is -0.964. The molecular weight excluding hydrogens is 584 g/mol. The second kappa shape index (κ2) is 13.5. The summed E-state index contributed by atoms with van der Waals surface area (Å²) < 4.78 is 5.94. The zero-order valence-electron chi connectivity index (χ0n) is 24.7. The van der Waals surface area contributed by atoms with Gasteiger partial charge >= 0.3 is 12.1 Å². The molecule has 1 fully saturated rings. The van der Waals surface area contributed by atoms with Crippen molar-refractivity contribution < 1.29 is 29.0 Å². The van der Waals surface area contributed by atoms with Crippen molar-refractivity contribution in [1.82, 2.24) is 9.80 Å². The van der Waals surface area contributed by atoms with E-state index in [-0.39, 0.29) is 18.4 Å². The molecule has 11 heteroatoms. The van der Waals surface area contributed by atoms with Crippen molar-refractivity contribution in [2.75, 3.05) is 49.5 Å². The molecule has 0 spiro atoms. The van der Waals surface area contributed by atoms with Crippen molar-refractivity contribution in [1.29, 1.82) is 0 Å². The summed E-state index contributed by atoms with van der Waals surface area (Å²) in [4.78, 5) is 55.8. The lowest BCUT2D eigenvalue weighted by atomic mass is 10.0. The van der Waals surface area contributed by atoms with Crippen molar-refractivity contribution in [3.05, 3.63) is 93.5 Å². The first-order chi connectivity index (χ1) is 21.1. The van der Waals surface area contributed by atoms with E-state index in [1.165, 1.54) is 4.90 Å². The highest BCUT2D eigenvalue weighted by Gasteiger charge is 2.31. The van der Waals surface area contributed by atoms with E-state index in [1.54, 1.807) is 47.4 Å². The molecule has 0 aromatic heterocycles. The van der Waals surface area contributed by atoms with Crippen LogP contribution >= 0.6 is 11.6 Å². The van der Waals surface area contributed by atoms with E-state index >= 15 is 0 Å². The van der Waals surface area contributed by atoms with Gasteiger partial charge in [-0.1, -0.05) is 29.8 Å². The molecule has 3 aromatic rings. The number of halogens is 1. The Morgan fingerprint density at radius 1 is 0.909 bits per heavy atom. The largest absolute Gasteiger partial charge is 0.465 e. The Bertz CT molecular complexity index is 1590. The number of amides is 3. The summed E-state index contributed by atoms with van der Waals surface area (Å²) in [7, 11) is 0. The van der Waals surface area contributed by atoms with Crippen molar-refractivity contribution in [3.63, 3.8) is 0 Å². The van der Waals surface area contributed by atoms with Crippen LogP contribution in [-0.2, 0) is 9.53 Å². The Morgan fingerprint density at radius 2 is 1.66 bits per heavy atom. The average Bonchev–Trinajstić information content (AvgIpc) is 3.16. The number of hydrogen-bond acceptors (Lipinski definition) is 6. The van der Waals surface area contributed by atoms with Gasteiger partial charge in [-0.3, -0.25) is 19.3 Å². The highest BCUT2D eigenvalue weighted by atomic mass is 35.5. The second-order valence-corrected chi connectivity index (χ2v) is 11.6. The molecule has 0 aliphatic carbocycles. The molecule has 3 amide bonds. The molecule has 0 bridgehead atoms. The number of ether oxygens (including phenoxy) is 1. The second-order valence-electron chi connectivity index (χ2n) is 11.1. The van der Waals surface area contributed by atoms with Gasteiger partial charge in [-0.15, -0.1) is 0 Å². The number of nitrogens with zero attached hydrogens (tertiary/aromatic N) is 3. The number of fused-ring (bicyclic) bond motifs is 1. The third-order valence-corrected chi connectivity index (χ3v) is 8.33.